The van der Waals surface area contributed by atoms with Crippen LogP contribution in [0.4, 0.5) is 0 Å². The Morgan fingerprint density at radius 1 is 1.12 bits per heavy atom. The molecular weight excluding hydrogens is 316 g/mol. The molecular formula is C21H32O4. The van der Waals surface area contributed by atoms with E-state index in [-0.39, 0.29) is 40.8 Å². The highest BCUT2D eigenvalue weighted by Gasteiger charge is 2.68. The van der Waals surface area contributed by atoms with Crippen LogP contribution in [0.2, 0.25) is 0 Å². The van der Waals surface area contributed by atoms with Gasteiger partial charge in [0.15, 0.2) is 5.78 Å². The van der Waals surface area contributed by atoms with Crippen LogP contribution in [0.5, 0.6) is 0 Å². The molecule has 25 heavy (non-hydrogen) atoms. The van der Waals surface area contributed by atoms with Gasteiger partial charge in [-0.15, -0.1) is 0 Å². The number of aliphatic hydroxyl groups is 2. The van der Waals surface area contributed by atoms with Gasteiger partial charge in [-0.1, -0.05) is 13.8 Å². The average molecular weight is 348 g/mol. The molecule has 0 aromatic carbocycles. The highest BCUT2D eigenvalue weighted by atomic mass is 16.3. The lowest BCUT2D eigenvalue weighted by atomic mass is 9.44. The van der Waals surface area contributed by atoms with Crippen molar-refractivity contribution in [2.24, 2.45) is 34.5 Å². The molecule has 4 aliphatic carbocycles. The van der Waals surface area contributed by atoms with E-state index in [1.165, 1.54) is 6.92 Å². The Labute approximate surface area is 150 Å². The third kappa shape index (κ3) is 2.13. The number of carbonyl (C=O) groups is 2. The van der Waals surface area contributed by atoms with E-state index in [2.05, 4.69) is 6.92 Å². The number of Topliss-reactive ketones (excluding diaryl/α,β-unsaturated/α-hetero) is 2. The van der Waals surface area contributed by atoms with Gasteiger partial charge in [0, 0.05) is 17.8 Å². The van der Waals surface area contributed by atoms with Crippen molar-refractivity contribution in [1.29, 1.82) is 0 Å². The van der Waals surface area contributed by atoms with E-state index < -0.39 is 11.0 Å². The minimum atomic E-state index is -1.33. The van der Waals surface area contributed by atoms with E-state index >= 15 is 0 Å². The quantitative estimate of drug-likeness (QED) is 0.764. The fraction of sp³-hybridized carbons (Fsp3) is 0.905. The van der Waals surface area contributed by atoms with Gasteiger partial charge in [-0.2, -0.15) is 0 Å². The van der Waals surface area contributed by atoms with Crippen LogP contribution in [-0.2, 0) is 9.59 Å². The fourth-order valence-corrected chi connectivity index (χ4v) is 7.63. The number of aliphatic hydroxyl groups excluding tert-OH is 1. The number of rotatable bonds is 1. The predicted octanol–water partition coefficient (Wildman–Crippen LogP) is 2.89. The molecule has 0 bridgehead atoms. The van der Waals surface area contributed by atoms with Crippen LogP contribution in [0, 0.1) is 34.5 Å². The molecule has 4 aliphatic rings. The predicted molar refractivity (Wildman–Crippen MR) is 93.8 cm³/mol. The van der Waals surface area contributed by atoms with Crippen LogP contribution < -0.4 is 0 Å². The summed E-state index contributed by atoms with van der Waals surface area (Å²) in [7, 11) is 0. The highest BCUT2D eigenvalue weighted by Crippen LogP contribution is 2.67. The lowest BCUT2D eigenvalue weighted by molar-refractivity contribution is -0.178. The Kier molecular flexibility index (Phi) is 3.81. The third-order valence-corrected chi connectivity index (χ3v) is 9.06. The molecule has 0 heterocycles. The second-order valence-electron chi connectivity index (χ2n) is 9.97. The SMILES string of the molecule is CC(=O)[C@@]1(O)CC[C@H]2[C@@H]3CC[C@H]4C[C@H](O)CC[C@]4(C)[C@H]3C(=O)C[C@@]21C. The lowest BCUT2D eigenvalue weighted by Gasteiger charge is -2.60. The van der Waals surface area contributed by atoms with Crippen molar-refractivity contribution in [3.05, 3.63) is 0 Å². The molecule has 0 spiro atoms. The van der Waals surface area contributed by atoms with Crippen LogP contribution >= 0.6 is 0 Å². The topological polar surface area (TPSA) is 74.6 Å². The smallest absolute Gasteiger partial charge is 0.161 e. The maximum absolute atomic E-state index is 13.3. The molecule has 4 saturated carbocycles. The van der Waals surface area contributed by atoms with Crippen molar-refractivity contribution in [3.8, 4) is 0 Å². The molecule has 0 aromatic heterocycles. The maximum atomic E-state index is 13.3. The first-order valence-electron chi connectivity index (χ1n) is 10.1. The summed E-state index contributed by atoms with van der Waals surface area (Å²) in [5, 5.41) is 21.2. The standard InChI is InChI=1S/C21H32O4/c1-12(22)21(25)9-7-16-15-5-4-13-10-14(23)6-8-19(13,2)18(15)17(24)11-20(16,21)3/h13-16,18,23,25H,4-11H2,1-3H3/t13-,14+,15-,16-,18+,19-,20-,21-/m0/s1. The zero-order valence-electron chi connectivity index (χ0n) is 15.8. The summed E-state index contributed by atoms with van der Waals surface area (Å²) in [6.07, 6.45) is 6.07. The molecule has 8 atom stereocenters. The Hall–Kier alpha value is -0.740. The van der Waals surface area contributed by atoms with Crippen molar-refractivity contribution in [2.75, 3.05) is 0 Å². The summed E-state index contributed by atoms with van der Waals surface area (Å²) >= 11 is 0. The summed E-state index contributed by atoms with van der Waals surface area (Å²) < 4.78 is 0. The van der Waals surface area contributed by atoms with Crippen molar-refractivity contribution in [1.82, 2.24) is 0 Å². The summed E-state index contributed by atoms with van der Waals surface area (Å²) in [5.74, 6) is 1.10. The number of fused-ring (bicyclic) bond motifs is 5. The van der Waals surface area contributed by atoms with Gasteiger partial charge in [-0.3, -0.25) is 9.59 Å². The molecule has 0 unspecified atom stereocenters. The molecule has 0 aromatic rings. The van der Waals surface area contributed by atoms with E-state index in [0.717, 1.165) is 38.5 Å². The van der Waals surface area contributed by atoms with Crippen molar-refractivity contribution < 1.29 is 19.8 Å². The number of ketones is 2. The first-order chi connectivity index (χ1) is 11.6. The van der Waals surface area contributed by atoms with Crippen molar-refractivity contribution in [3.63, 3.8) is 0 Å². The largest absolute Gasteiger partial charge is 0.393 e. The van der Waals surface area contributed by atoms with E-state index in [1.807, 2.05) is 6.92 Å². The normalized spacial score (nSPS) is 55.2. The number of carbonyl (C=O) groups excluding carboxylic acids is 2. The minimum absolute atomic E-state index is 0.0164. The minimum Gasteiger partial charge on any atom is -0.393 e. The van der Waals surface area contributed by atoms with Crippen LogP contribution in [0.1, 0.15) is 72.1 Å². The molecule has 0 amide bonds. The second-order valence-corrected chi connectivity index (χ2v) is 9.97. The van der Waals surface area contributed by atoms with Gasteiger partial charge in [0.1, 0.15) is 11.4 Å². The van der Waals surface area contributed by atoms with Gasteiger partial charge in [-0.05, 0) is 75.0 Å². The van der Waals surface area contributed by atoms with Crippen LogP contribution in [0.3, 0.4) is 0 Å². The zero-order valence-corrected chi connectivity index (χ0v) is 15.8. The molecule has 4 heteroatoms. The Morgan fingerprint density at radius 3 is 2.52 bits per heavy atom. The van der Waals surface area contributed by atoms with E-state index in [0.29, 0.717) is 18.8 Å². The second kappa shape index (κ2) is 5.39. The highest BCUT2D eigenvalue weighted by molar-refractivity contribution is 5.90. The molecule has 0 saturated heterocycles. The van der Waals surface area contributed by atoms with Gasteiger partial charge in [0.05, 0.1) is 6.10 Å². The summed E-state index contributed by atoms with van der Waals surface area (Å²) in [6, 6.07) is 0. The molecule has 2 N–H and O–H groups in total. The average Bonchev–Trinajstić information content (AvgIpc) is 2.80. The van der Waals surface area contributed by atoms with Gasteiger partial charge < -0.3 is 10.2 Å². The Balaban J connectivity index is 1.71. The molecule has 0 radical (unpaired) electrons. The molecule has 140 valence electrons. The van der Waals surface area contributed by atoms with E-state index in [4.69, 9.17) is 0 Å². The number of hydrogen-bond acceptors (Lipinski definition) is 4. The summed E-state index contributed by atoms with van der Waals surface area (Å²) in [5.41, 5.74) is -1.95. The number of hydrogen-bond donors (Lipinski definition) is 2. The summed E-state index contributed by atoms with van der Waals surface area (Å²) in [6.45, 7) is 5.73. The molecule has 4 fully saturated rings. The Morgan fingerprint density at radius 2 is 1.84 bits per heavy atom. The molecule has 0 aliphatic heterocycles. The monoisotopic (exact) mass is 348 g/mol. The van der Waals surface area contributed by atoms with Crippen molar-refractivity contribution >= 4 is 11.6 Å². The lowest BCUT2D eigenvalue weighted by Crippen LogP contribution is -2.61. The maximum Gasteiger partial charge on any atom is 0.161 e. The zero-order chi connectivity index (χ0) is 18.2. The first kappa shape index (κ1) is 17.7. The Bertz CT molecular complexity index is 615. The van der Waals surface area contributed by atoms with Crippen LogP contribution in [-0.4, -0.2) is 33.5 Å². The van der Waals surface area contributed by atoms with Crippen LogP contribution in [0.25, 0.3) is 0 Å². The first-order valence-corrected chi connectivity index (χ1v) is 10.1. The van der Waals surface area contributed by atoms with Gasteiger partial charge in [0.2, 0.25) is 0 Å². The molecule has 4 rings (SSSR count). The van der Waals surface area contributed by atoms with Crippen molar-refractivity contribution in [2.45, 2.75) is 83.8 Å². The third-order valence-electron chi connectivity index (χ3n) is 9.06. The van der Waals surface area contributed by atoms with Gasteiger partial charge >= 0.3 is 0 Å². The van der Waals surface area contributed by atoms with E-state index in [1.54, 1.807) is 0 Å². The van der Waals surface area contributed by atoms with E-state index in [9.17, 15) is 19.8 Å². The summed E-state index contributed by atoms with van der Waals surface area (Å²) in [4.78, 5) is 25.6. The molecule has 4 nitrogen and oxygen atoms in total. The van der Waals surface area contributed by atoms with Gasteiger partial charge in [0.25, 0.3) is 0 Å². The van der Waals surface area contributed by atoms with Crippen LogP contribution in [0.15, 0.2) is 0 Å². The fourth-order valence-electron chi connectivity index (χ4n) is 7.63. The van der Waals surface area contributed by atoms with Gasteiger partial charge in [-0.25, -0.2) is 0 Å².